The van der Waals surface area contributed by atoms with Crippen molar-refractivity contribution in [3.63, 3.8) is 0 Å². The molecule has 28 heavy (non-hydrogen) atoms. The van der Waals surface area contributed by atoms with Gasteiger partial charge in [0.05, 0.1) is 11.7 Å². The van der Waals surface area contributed by atoms with Crippen LogP contribution in [0.25, 0.3) is 0 Å². The highest BCUT2D eigenvalue weighted by atomic mass is 16.7. The molecule has 6 atom stereocenters. The molecule has 0 aromatic rings. The number of rotatable bonds is 5. The number of allylic oxidation sites excluding steroid dienone is 2. The second-order valence-corrected chi connectivity index (χ2v) is 10.8. The van der Waals surface area contributed by atoms with E-state index in [-0.39, 0.29) is 12.7 Å². The van der Waals surface area contributed by atoms with E-state index in [0.717, 1.165) is 30.2 Å². The van der Waals surface area contributed by atoms with Gasteiger partial charge in [-0.05, 0) is 87.0 Å². The maximum Gasteiger partial charge on any atom is 0.268 e. The second kappa shape index (κ2) is 5.16. The summed E-state index contributed by atoms with van der Waals surface area (Å²) >= 11 is 0. The Morgan fingerprint density at radius 1 is 1.14 bits per heavy atom. The van der Waals surface area contributed by atoms with Crippen LogP contribution in [0, 0.1) is 28.6 Å². The van der Waals surface area contributed by atoms with Crippen LogP contribution in [0.4, 0.5) is 0 Å². The molecule has 1 spiro atoms. The molecular weight excluding hydrogens is 352 g/mol. The van der Waals surface area contributed by atoms with Gasteiger partial charge in [-0.3, -0.25) is 9.80 Å². The average molecular weight is 385 g/mol. The predicted octanol–water partition coefficient (Wildman–Crippen LogP) is 3.83. The Balaban J connectivity index is 1.33. The molecule has 1 heterocycles. The van der Waals surface area contributed by atoms with Gasteiger partial charge in [-0.25, -0.2) is 5.01 Å². The molecule has 6 rings (SSSR count). The zero-order valence-electron chi connectivity index (χ0n) is 17.5. The van der Waals surface area contributed by atoms with Crippen molar-refractivity contribution in [3.05, 3.63) is 23.6 Å². The van der Waals surface area contributed by atoms with Gasteiger partial charge in [-0.15, -0.1) is 0 Å². The van der Waals surface area contributed by atoms with Crippen LogP contribution < -0.4 is 0 Å². The van der Waals surface area contributed by atoms with Gasteiger partial charge in [0.25, 0.3) is 5.91 Å². The number of methoxy groups -OCH3 is 1. The van der Waals surface area contributed by atoms with E-state index in [1.165, 1.54) is 25.7 Å². The SMILES string of the molecule is COCOC1=CCCC=C1N1N(C2C3CC4C[C@@]5(C)CC2C45C3)C(=O)C1(C)C. The highest BCUT2D eigenvalue weighted by Gasteiger charge is 2.83. The van der Waals surface area contributed by atoms with Crippen LogP contribution in [-0.4, -0.2) is 41.4 Å². The topological polar surface area (TPSA) is 42.0 Å². The Hall–Kier alpha value is -1.49. The van der Waals surface area contributed by atoms with Crippen LogP contribution in [0.5, 0.6) is 0 Å². The first kappa shape index (κ1) is 17.4. The first-order chi connectivity index (χ1) is 13.3. The van der Waals surface area contributed by atoms with Gasteiger partial charge in [0.2, 0.25) is 0 Å². The molecule has 1 aliphatic heterocycles. The first-order valence-electron chi connectivity index (χ1n) is 11.0. The number of nitrogens with zero attached hydrogens (tertiary/aromatic N) is 2. The molecule has 2 bridgehead atoms. The largest absolute Gasteiger partial charge is 0.466 e. The fourth-order valence-corrected chi connectivity index (χ4v) is 8.42. The van der Waals surface area contributed by atoms with E-state index < -0.39 is 5.54 Å². The zero-order valence-corrected chi connectivity index (χ0v) is 17.5. The molecule has 0 N–H and O–H groups in total. The zero-order chi connectivity index (χ0) is 19.5. The van der Waals surface area contributed by atoms with Crippen molar-refractivity contribution < 1.29 is 14.3 Å². The number of hydrogen-bond donors (Lipinski definition) is 0. The van der Waals surface area contributed by atoms with Gasteiger partial charge in [-0.1, -0.05) is 13.0 Å². The van der Waals surface area contributed by atoms with Crippen LogP contribution in [-0.2, 0) is 14.3 Å². The van der Waals surface area contributed by atoms with Gasteiger partial charge in [-0.2, -0.15) is 0 Å². The van der Waals surface area contributed by atoms with Gasteiger partial charge < -0.3 is 9.47 Å². The van der Waals surface area contributed by atoms with Crippen molar-refractivity contribution in [1.82, 2.24) is 10.0 Å². The second-order valence-electron chi connectivity index (χ2n) is 10.8. The van der Waals surface area contributed by atoms with E-state index in [4.69, 9.17) is 9.47 Å². The van der Waals surface area contributed by atoms with E-state index in [2.05, 4.69) is 42.9 Å². The number of hydrazine groups is 1. The van der Waals surface area contributed by atoms with Crippen LogP contribution in [0.15, 0.2) is 23.6 Å². The summed E-state index contributed by atoms with van der Waals surface area (Å²) < 4.78 is 11.0. The maximum absolute atomic E-state index is 13.3. The van der Waals surface area contributed by atoms with Crippen LogP contribution >= 0.6 is 0 Å². The lowest BCUT2D eigenvalue weighted by molar-refractivity contribution is -0.288. The molecule has 5 heteroatoms. The number of fused-ring (bicyclic) bond motifs is 1. The van der Waals surface area contributed by atoms with E-state index >= 15 is 0 Å². The lowest BCUT2D eigenvalue weighted by Crippen LogP contribution is -2.80. The van der Waals surface area contributed by atoms with Gasteiger partial charge in [0.15, 0.2) is 6.79 Å². The van der Waals surface area contributed by atoms with Crippen molar-refractivity contribution in [2.45, 2.75) is 70.9 Å². The number of amides is 1. The Kier molecular flexibility index (Phi) is 3.20. The van der Waals surface area contributed by atoms with E-state index in [1.54, 1.807) is 7.11 Å². The molecule has 152 valence electrons. The molecule has 5 aliphatic carbocycles. The van der Waals surface area contributed by atoms with Crippen molar-refractivity contribution in [3.8, 4) is 0 Å². The fourth-order valence-electron chi connectivity index (χ4n) is 8.42. The van der Waals surface area contributed by atoms with Crippen LogP contribution in [0.2, 0.25) is 0 Å². The van der Waals surface area contributed by atoms with E-state index in [0.29, 0.717) is 28.7 Å². The minimum atomic E-state index is -0.510. The van der Waals surface area contributed by atoms with Crippen molar-refractivity contribution >= 4 is 5.91 Å². The Morgan fingerprint density at radius 2 is 1.93 bits per heavy atom. The van der Waals surface area contributed by atoms with Gasteiger partial charge in [0.1, 0.15) is 11.3 Å². The summed E-state index contributed by atoms with van der Waals surface area (Å²) in [6, 6.07) is 0.386. The molecule has 0 radical (unpaired) electrons. The normalized spacial score (nSPS) is 46.9. The molecule has 4 saturated carbocycles. The summed E-state index contributed by atoms with van der Waals surface area (Å²) in [4.78, 5) is 13.3. The summed E-state index contributed by atoms with van der Waals surface area (Å²) in [5.41, 5.74) is 1.67. The monoisotopic (exact) mass is 384 g/mol. The lowest BCUT2D eigenvalue weighted by atomic mass is 9.30. The molecule has 5 fully saturated rings. The molecule has 1 saturated heterocycles. The Bertz CT molecular complexity index is 817. The molecule has 5 unspecified atom stereocenters. The minimum absolute atomic E-state index is 0.239. The van der Waals surface area contributed by atoms with E-state index in [9.17, 15) is 4.79 Å². The third kappa shape index (κ3) is 1.69. The van der Waals surface area contributed by atoms with Crippen LogP contribution in [0.3, 0.4) is 0 Å². The smallest absolute Gasteiger partial charge is 0.268 e. The van der Waals surface area contributed by atoms with Crippen molar-refractivity contribution in [2.24, 2.45) is 28.6 Å². The number of hydrogen-bond acceptors (Lipinski definition) is 4. The molecule has 0 aromatic carbocycles. The summed E-state index contributed by atoms with van der Waals surface area (Å²) in [7, 11) is 1.65. The molecule has 5 nitrogen and oxygen atoms in total. The third-order valence-electron chi connectivity index (χ3n) is 9.37. The summed E-state index contributed by atoms with van der Waals surface area (Å²) in [6.07, 6.45) is 11.8. The maximum atomic E-state index is 13.3. The van der Waals surface area contributed by atoms with E-state index in [1.807, 2.05) is 0 Å². The van der Waals surface area contributed by atoms with Gasteiger partial charge >= 0.3 is 0 Å². The Morgan fingerprint density at radius 3 is 2.64 bits per heavy atom. The molecule has 0 aromatic heterocycles. The standard InChI is InChI=1S/C23H32N2O3/c1-21(2)20(26)24(25(21)17-7-5-6-8-18(17)28-13-27-4)19-14-9-15-11-22(3)12-16(19)23(15,22)10-14/h7-8,14-16,19H,5-6,9-13H2,1-4H3/t14?,15?,16?,19?,22-,23?/m0/s1. The summed E-state index contributed by atoms with van der Waals surface area (Å²) in [5, 5.41) is 4.42. The minimum Gasteiger partial charge on any atom is -0.466 e. The number of ether oxygens (including phenoxy) is 2. The Labute approximate surface area is 167 Å². The number of carbonyl (C=O) groups excluding carboxylic acids is 1. The fraction of sp³-hybridized carbons (Fsp3) is 0.783. The molecule has 6 aliphatic rings. The highest BCUT2D eigenvalue weighted by Crippen LogP contribution is 2.87. The molecular formula is C23H32N2O3. The number of carbonyl (C=O) groups is 1. The van der Waals surface area contributed by atoms with Crippen LogP contribution in [0.1, 0.15) is 59.3 Å². The summed E-state index contributed by atoms with van der Waals surface area (Å²) in [5.74, 6) is 3.46. The predicted molar refractivity (Wildman–Crippen MR) is 104 cm³/mol. The third-order valence-corrected chi connectivity index (χ3v) is 9.37. The van der Waals surface area contributed by atoms with Crippen molar-refractivity contribution in [1.29, 1.82) is 0 Å². The van der Waals surface area contributed by atoms with Crippen molar-refractivity contribution in [2.75, 3.05) is 13.9 Å². The van der Waals surface area contributed by atoms with Gasteiger partial charge in [0, 0.05) is 7.11 Å². The lowest BCUT2D eigenvalue weighted by Gasteiger charge is -2.76. The molecule has 1 amide bonds. The highest BCUT2D eigenvalue weighted by molar-refractivity contribution is 5.91. The quantitative estimate of drug-likeness (QED) is 0.676. The summed E-state index contributed by atoms with van der Waals surface area (Å²) in [6.45, 7) is 6.85. The first-order valence-corrected chi connectivity index (χ1v) is 11.0. The average Bonchev–Trinajstić information content (AvgIpc) is 3.17.